The Morgan fingerprint density at radius 3 is 2.35 bits per heavy atom. The number of aromatic nitrogens is 2. The van der Waals surface area contributed by atoms with Crippen LogP contribution in [0.1, 0.15) is 0 Å². The molecule has 0 bridgehead atoms. The Kier molecular flexibility index (Phi) is 3.36. The minimum Gasteiger partial charge on any atom is -0.306 e. The third-order valence-corrected chi connectivity index (χ3v) is 4.03. The van der Waals surface area contributed by atoms with Gasteiger partial charge in [0.15, 0.2) is 0 Å². The molecule has 0 radical (unpaired) electrons. The zero-order valence-electron chi connectivity index (χ0n) is 12.1. The van der Waals surface area contributed by atoms with Crippen LogP contribution in [0.15, 0.2) is 73.1 Å². The van der Waals surface area contributed by atoms with Gasteiger partial charge >= 0.3 is 0 Å². The predicted molar refractivity (Wildman–Crippen MR) is 91.0 cm³/mol. The van der Waals surface area contributed by atoms with Crippen molar-refractivity contribution in [1.82, 2.24) is 9.38 Å². The van der Waals surface area contributed by atoms with Crippen molar-refractivity contribution in [3.8, 4) is 22.4 Å². The molecule has 0 unspecified atom stereocenters. The summed E-state index contributed by atoms with van der Waals surface area (Å²) in [6.45, 7) is 0. The van der Waals surface area contributed by atoms with Crippen molar-refractivity contribution in [1.29, 1.82) is 0 Å². The number of imidazole rings is 1. The number of fused-ring (bicyclic) bond motifs is 1. The highest BCUT2D eigenvalue weighted by molar-refractivity contribution is 6.30. The van der Waals surface area contributed by atoms with Crippen molar-refractivity contribution < 1.29 is 4.39 Å². The molecule has 0 saturated heterocycles. The Labute approximate surface area is 137 Å². The number of hydrogen-bond donors (Lipinski definition) is 0. The number of halogens is 2. The second kappa shape index (κ2) is 5.52. The van der Waals surface area contributed by atoms with E-state index >= 15 is 0 Å². The summed E-state index contributed by atoms with van der Waals surface area (Å²) in [5.41, 5.74) is 4.06. The maximum atomic E-state index is 13.9. The quantitative estimate of drug-likeness (QED) is 0.479. The van der Waals surface area contributed by atoms with Crippen molar-refractivity contribution in [2.45, 2.75) is 0 Å². The highest BCUT2D eigenvalue weighted by atomic mass is 35.5. The minimum atomic E-state index is -0.232. The van der Waals surface area contributed by atoms with E-state index in [-0.39, 0.29) is 5.82 Å². The molecule has 0 spiro atoms. The SMILES string of the molecule is Fc1ccccc1-c1ccc2nc(-c3ccc(Cl)cc3)cn2c1. The molecule has 2 aromatic carbocycles. The van der Waals surface area contributed by atoms with Crippen LogP contribution in [-0.4, -0.2) is 9.38 Å². The molecule has 0 fully saturated rings. The molecule has 4 rings (SSSR count). The molecule has 0 atom stereocenters. The number of pyridine rings is 1. The summed E-state index contributed by atoms with van der Waals surface area (Å²) in [6.07, 6.45) is 3.82. The zero-order valence-corrected chi connectivity index (χ0v) is 12.8. The van der Waals surface area contributed by atoms with Gasteiger partial charge in [0.25, 0.3) is 0 Å². The monoisotopic (exact) mass is 322 g/mol. The predicted octanol–water partition coefficient (Wildman–Crippen LogP) is 5.46. The Balaban J connectivity index is 1.81. The van der Waals surface area contributed by atoms with Crippen LogP contribution in [-0.2, 0) is 0 Å². The second-order valence-electron chi connectivity index (χ2n) is 5.30. The van der Waals surface area contributed by atoms with Crippen LogP contribution in [0.25, 0.3) is 28.0 Å². The Morgan fingerprint density at radius 1 is 0.826 bits per heavy atom. The number of rotatable bonds is 2. The van der Waals surface area contributed by atoms with Crippen LogP contribution < -0.4 is 0 Å². The average Bonchev–Trinajstić information content (AvgIpc) is 2.99. The lowest BCUT2D eigenvalue weighted by atomic mass is 10.1. The Hall–Kier alpha value is -2.65. The largest absolute Gasteiger partial charge is 0.306 e. The van der Waals surface area contributed by atoms with E-state index in [2.05, 4.69) is 4.98 Å². The first-order valence-corrected chi connectivity index (χ1v) is 7.58. The molecule has 0 aliphatic rings. The van der Waals surface area contributed by atoms with Gasteiger partial charge in [-0.2, -0.15) is 0 Å². The smallest absolute Gasteiger partial charge is 0.137 e. The van der Waals surface area contributed by atoms with E-state index in [0.29, 0.717) is 10.6 Å². The van der Waals surface area contributed by atoms with Gasteiger partial charge in [-0.25, -0.2) is 9.37 Å². The zero-order chi connectivity index (χ0) is 15.8. The van der Waals surface area contributed by atoms with E-state index in [1.165, 1.54) is 6.07 Å². The molecule has 4 heteroatoms. The minimum absolute atomic E-state index is 0.232. The fraction of sp³-hybridized carbons (Fsp3) is 0. The molecule has 0 saturated carbocycles. The molecule has 0 aliphatic carbocycles. The van der Waals surface area contributed by atoms with E-state index in [4.69, 9.17) is 11.6 Å². The van der Waals surface area contributed by atoms with E-state index in [1.54, 1.807) is 12.1 Å². The topological polar surface area (TPSA) is 17.3 Å². The normalized spacial score (nSPS) is 11.0. The average molecular weight is 323 g/mol. The standard InChI is InChI=1S/C19H12ClFN2/c20-15-8-5-13(6-9-15)18-12-23-11-14(7-10-19(23)22-18)16-3-1-2-4-17(16)21/h1-12H. The van der Waals surface area contributed by atoms with Gasteiger partial charge in [0.1, 0.15) is 11.5 Å². The third kappa shape index (κ3) is 2.60. The van der Waals surface area contributed by atoms with Gasteiger partial charge in [-0.05, 0) is 30.3 Å². The highest BCUT2D eigenvalue weighted by Crippen LogP contribution is 2.25. The lowest BCUT2D eigenvalue weighted by Gasteiger charge is -2.03. The Morgan fingerprint density at radius 2 is 1.57 bits per heavy atom. The fourth-order valence-electron chi connectivity index (χ4n) is 2.61. The summed E-state index contributed by atoms with van der Waals surface area (Å²) in [4.78, 5) is 4.60. The van der Waals surface area contributed by atoms with E-state index in [1.807, 2.05) is 59.3 Å². The number of benzene rings is 2. The first-order valence-electron chi connectivity index (χ1n) is 7.20. The molecular weight excluding hydrogens is 311 g/mol. The summed E-state index contributed by atoms with van der Waals surface area (Å²) in [7, 11) is 0. The summed E-state index contributed by atoms with van der Waals surface area (Å²) in [5.74, 6) is -0.232. The van der Waals surface area contributed by atoms with Crippen molar-refractivity contribution in [2.24, 2.45) is 0 Å². The third-order valence-electron chi connectivity index (χ3n) is 3.78. The van der Waals surface area contributed by atoms with Gasteiger partial charge in [-0.3, -0.25) is 0 Å². The number of nitrogens with zero attached hydrogens (tertiary/aromatic N) is 2. The second-order valence-corrected chi connectivity index (χ2v) is 5.73. The van der Waals surface area contributed by atoms with Crippen molar-refractivity contribution in [3.05, 3.63) is 83.9 Å². The molecule has 4 aromatic rings. The van der Waals surface area contributed by atoms with Gasteiger partial charge in [-0.15, -0.1) is 0 Å². The number of hydrogen-bond acceptors (Lipinski definition) is 1. The van der Waals surface area contributed by atoms with Gasteiger partial charge < -0.3 is 4.40 Å². The summed E-state index contributed by atoms with van der Waals surface area (Å²) >= 11 is 5.92. The molecular formula is C19H12ClFN2. The van der Waals surface area contributed by atoms with Crippen LogP contribution in [0.3, 0.4) is 0 Å². The molecule has 23 heavy (non-hydrogen) atoms. The van der Waals surface area contributed by atoms with Crippen LogP contribution in [0.2, 0.25) is 5.02 Å². The molecule has 2 heterocycles. The molecule has 0 N–H and O–H groups in total. The van der Waals surface area contributed by atoms with Crippen LogP contribution in [0.4, 0.5) is 4.39 Å². The molecule has 0 amide bonds. The van der Waals surface area contributed by atoms with E-state index < -0.39 is 0 Å². The maximum Gasteiger partial charge on any atom is 0.137 e. The van der Waals surface area contributed by atoms with Gasteiger partial charge in [0, 0.05) is 34.1 Å². The van der Waals surface area contributed by atoms with Crippen molar-refractivity contribution in [3.63, 3.8) is 0 Å². The van der Waals surface area contributed by atoms with Gasteiger partial charge in [-0.1, -0.05) is 41.9 Å². The fourth-order valence-corrected chi connectivity index (χ4v) is 2.73. The molecule has 2 nitrogen and oxygen atoms in total. The first kappa shape index (κ1) is 14.0. The van der Waals surface area contributed by atoms with Crippen LogP contribution in [0, 0.1) is 5.82 Å². The summed E-state index contributed by atoms with van der Waals surface area (Å²) in [5, 5.41) is 0.694. The van der Waals surface area contributed by atoms with Crippen LogP contribution in [0.5, 0.6) is 0 Å². The highest BCUT2D eigenvalue weighted by Gasteiger charge is 2.08. The first-order chi connectivity index (χ1) is 11.2. The summed E-state index contributed by atoms with van der Waals surface area (Å²) < 4.78 is 15.9. The summed E-state index contributed by atoms with van der Waals surface area (Å²) in [6, 6.07) is 18.1. The Bertz CT molecular complexity index is 990. The molecule has 0 aliphatic heterocycles. The van der Waals surface area contributed by atoms with Gasteiger partial charge in [0.2, 0.25) is 0 Å². The lowest BCUT2D eigenvalue weighted by molar-refractivity contribution is 0.631. The van der Waals surface area contributed by atoms with E-state index in [0.717, 1.165) is 22.5 Å². The lowest BCUT2D eigenvalue weighted by Crippen LogP contribution is -1.88. The van der Waals surface area contributed by atoms with Crippen LogP contribution >= 0.6 is 11.6 Å². The molecule has 112 valence electrons. The van der Waals surface area contributed by atoms with Gasteiger partial charge in [0.05, 0.1) is 5.69 Å². The van der Waals surface area contributed by atoms with Crippen molar-refractivity contribution >= 4 is 17.2 Å². The van der Waals surface area contributed by atoms with Crippen molar-refractivity contribution in [2.75, 3.05) is 0 Å². The molecule has 2 aromatic heterocycles. The van der Waals surface area contributed by atoms with E-state index in [9.17, 15) is 4.39 Å². The maximum absolute atomic E-state index is 13.9.